The molecule has 18 heavy (non-hydrogen) atoms. The quantitative estimate of drug-likeness (QED) is 0.364. The van der Waals surface area contributed by atoms with Gasteiger partial charge in [-0.2, -0.15) is 0 Å². The lowest BCUT2D eigenvalue weighted by molar-refractivity contribution is 0.410. The highest BCUT2D eigenvalue weighted by Crippen LogP contribution is 2.30. The van der Waals surface area contributed by atoms with Crippen molar-refractivity contribution in [3.05, 3.63) is 16.1 Å². The van der Waals surface area contributed by atoms with Gasteiger partial charge in [-0.15, -0.1) is 11.3 Å². The molecule has 0 aromatic carbocycles. The van der Waals surface area contributed by atoms with Gasteiger partial charge in [-0.05, 0) is 40.1 Å². The van der Waals surface area contributed by atoms with Crippen molar-refractivity contribution in [2.75, 3.05) is 26.4 Å². The summed E-state index contributed by atoms with van der Waals surface area (Å²) in [5, 5.41) is 2.32. The highest BCUT2D eigenvalue weighted by molar-refractivity contribution is 7.99. The summed E-state index contributed by atoms with van der Waals surface area (Å²) in [7, 11) is 4.16. The number of hydrogen-bond donors (Lipinski definition) is 0. The first kappa shape index (κ1) is 14.1. The molecule has 0 aliphatic rings. The van der Waals surface area contributed by atoms with Gasteiger partial charge in [-0.3, -0.25) is 0 Å². The average molecular weight is 302 g/mol. The number of rotatable bonds is 5. The van der Waals surface area contributed by atoms with E-state index in [0.29, 0.717) is 5.15 Å². The molecule has 0 unspecified atom stereocenters. The van der Waals surface area contributed by atoms with Crippen molar-refractivity contribution in [1.82, 2.24) is 14.9 Å². The Bertz CT molecular complexity index is 539. The smallest absolute Gasteiger partial charge is 0.190 e. The van der Waals surface area contributed by atoms with Gasteiger partial charge in [0.1, 0.15) is 9.98 Å². The summed E-state index contributed by atoms with van der Waals surface area (Å²) in [5.74, 6) is 1.02. The Hall–Kier alpha value is -0.360. The Kier molecular flexibility index (Phi) is 4.84. The number of hydrogen-bond acceptors (Lipinski definition) is 5. The molecule has 2 aromatic heterocycles. The number of thioether (sulfide) groups is 1. The molecular formula is C12H16ClN3S2. The highest BCUT2D eigenvalue weighted by Gasteiger charge is 2.09. The fraction of sp³-hybridized carbons (Fsp3) is 0.500. The van der Waals surface area contributed by atoms with Gasteiger partial charge < -0.3 is 4.90 Å². The van der Waals surface area contributed by atoms with E-state index in [-0.39, 0.29) is 0 Å². The van der Waals surface area contributed by atoms with Crippen LogP contribution in [0.3, 0.4) is 0 Å². The zero-order valence-corrected chi connectivity index (χ0v) is 13.1. The van der Waals surface area contributed by atoms with Crippen molar-refractivity contribution in [2.24, 2.45) is 0 Å². The van der Waals surface area contributed by atoms with Crippen molar-refractivity contribution in [3.63, 3.8) is 0 Å². The molecule has 0 spiro atoms. The Morgan fingerprint density at radius 3 is 2.89 bits per heavy atom. The standard InChI is InChI=1S/C12H16ClN3S2/c1-8-7-9-10(13)14-12(15-11(9)18-8)17-6-4-5-16(2)3/h7H,4-6H2,1-3H3. The lowest BCUT2D eigenvalue weighted by Crippen LogP contribution is -2.13. The van der Waals surface area contributed by atoms with Crippen LogP contribution >= 0.6 is 34.7 Å². The maximum atomic E-state index is 6.17. The van der Waals surface area contributed by atoms with E-state index >= 15 is 0 Å². The maximum absolute atomic E-state index is 6.17. The van der Waals surface area contributed by atoms with Crippen LogP contribution in [0.15, 0.2) is 11.2 Å². The second-order valence-electron chi connectivity index (χ2n) is 4.38. The number of halogens is 1. The molecular weight excluding hydrogens is 286 g/mol. The summed E-state index contributed by atoms with van der Waals surface area (Å²) < 4.78 is 0. The minimum atomic E-state index is 0.569. The van der Waals surface area contributed by atoms with Crippen LogP contribution < -0.4 is 0 Å². The molecule has 0 atom stereocenters. The molecule has 0 aliphatic heterocycles. The van der Waals surface area contributed by atoms with E-state index in [1.807, 2.05) is 6.07 Å². The van der Waals surface area contributed by atoms with E-state index in [9.17, 15) is 0 Å². The van der Waals surface area contributed by atoms with Crippen LogP contribution in [0.5, 0.6) is 0 Å². The summed E-state index contributed by atoms with van der Waals surface area (Å²) >= 11 is 9.51. The summed E-state index contributed by atoms with van der Waals surface area (Å²) in [5.41, 5.74) is 0. The van der Waals surface area contributed by atoms with Gasteiger partial charge in [0.05, 0.1) is 0 Å². The molecule has 0 radical (unpaired) electrons. The Morgan fingerprint density at radius 2 is 2.17 bits per heavy atom. The van der Waals surface area contributed by atoms with Gasteiger partial charge >= 0.3 is 0 Å². The molecule has 3 nitrogen and oxygen atoms in total. The summed E-state index contributed by atoms with van der Waals surface area (Å²) in [6.07, 6.45) is 1.13. The van der Waals surface area contributed by atoms with Crippen molar-refractivity contribution in [2.45, 2.75) is 18.5 Å². The second kappa shape index (κ2) is 6.19. The topological polar surface area (TPSA) is 29.0 Å². The molecule has 0 saturated heterocycles. The predicted octanol–water partition coefficient (Wildman–Crippen LogP) is 3.70. The van der Waals surface area contributed by atoms with Gasteiger partial charge in [-0.1, -0.05) is 23.4 Å². The van der Waals surface area contributed by atoms with Gasteiger partial charge in [0.25, 0.3) is 0 Å². The van der Waals surface area contributed by atoms with Crippen LogP contribution in [-0.2, 0) is 0 Å². The molecule has 0 aliphatic carbocycles. The number of fused-ring (bicyclic) bond motifs is 1. The first-order valence-electron chi connectivity index (χ1n) is 5.77. The van der Waals surface area contributed by atoms with E-state index in [2.05, 4.69) is 35.9 Å². The van der Waals surface area contributed by atoms with Gasteiger partial charge in [0, 0.05) is 16.0 Å². The van der Waals surface area contributed by atoms with Crippen LogP contribution in [0.25, 0.3) is 10.2 Å². The van der Waals surface area contributed by atoms with Crippen LogP contribution in [0.4, 0.5) is 0 Å². The molecule has 2 rings (SSSR count). The maximum Gasteiger partial charge on any atom is 0.190 e. The van der Waals surface area contributed by atoms with E-state index < -0.39 is 0 Å². The lowest BCUT2D eigenvalue weighted by Gasteiger charge is -2.08. The van der Waals surface area contributed by atoms with Crippen LogP contribution in [0, 0.1) is 6.92 Å². The van der Waals surface area contributed by atoms with Crippen LogP contribution in [0.2, 0.25) is 5.15 Å². The molecule has 2 heterocycles. The van der Waals surface area contributed by atoms with E-state index in [4.69, 9.17) is 11.6 Å². The normalized spacial score (nSPS) is 11.6. The SMILES string of the molecule is Cc1cc2c(Cl)nc(SCCCN(C)C)nc2s1. The van der Waals surface area contributed by atoms with Gasteiger partial charge in [-0.25, -0.2) is 9.97 Å². The minimum Gasteiger partial charge on any atom is -0.309 e. The minimum absolute atomic E-state index is 0.569. The third kappa shape index (κ3) is 3.57. The Labute approximate surface area is 121 Å². The first-order valence-corrected chi connectivity index (χ1v) is 7.95. The number of aromatic nitrogens is 2. The molecule has 98 valence electrons. The summed E-state index contributed by atoms with van der Waals surface area (Å²) in [4.78, 5) is 13.3. The zero-order valence-electron chi connectivity index (χ0n) is 10.7. The second-order valence-corrected chi connectivity index (χ2v) is 7.03. The first-order chi connectivity index (χ1) is 8.56. The Morgan fingerprint density at radius 1 is 1.39 bits per heavy atom. The molecule has 2 aromatic rings. The van der Waals surface area contributed by atoms with Crippen LogP contribution in [-0.4, -0.2) is 41.3 Å². The van der Waals surface area contributed by atoms with Crippen LogP contribution in [0.1, 0.15) is 11.3 Å². The largest absolute Gasteiger partial charge is 0.309 e. The van der Waals surface area contributed by atoms with E-state index in [1.54, 1.807) is 23.1 Å². The zero-order chi connectivity index (χ0) is 13.1. The highest BCUT2D eigenvalue weighted by atomic mass is 35.5. The van der Waals surface area contributed by atoms with Crippen molar-refractivity contribution in [3.8, 4) is 0 Å². The number of aryl methyl sites for hydroxylation is 1. The molecule has 6 heteroatoms. The monoisotopic (exact) mass is 301 g/mol. The summed E-state index contributed by atoms with van der Waals surface area (Å²) in [6.45, 7) is 3.15. The third-order valence-electron chi connectivity index (χ3n) is 2.43. The van der Waals surface area contributed by atoms with E-state index in [0.717, 1.165) is 34.1 Å². The molecule has 0 fully saturated rings. The summed E-state index contributed by atoms with van der Waals surface area (Å²) in [6, 6.07) is 2.04. The fourth-order valence-corrected chi connectivity index (χ4v) is 3.63. The molecule has 0 amide bonds. The number of nitrogens with zero attached hydrogens (tertiary/aromatic N) is 3. The molecule has 0 saturated carbocycles. The lowest BCUT2D eigenvalue weighted by atomic mass is 10.4. The van der Waals surface area contributed by atoms with Crippen molar-refractivity contribution < 1.29 is 0 Å². The number of thiophene rings is 1. The van der Waals surface area contributed by atoms with Crippen molar-refractivity contribution >= 4 is 44.9 Å². The Balaban J connectivity index is 2.05. The third-order valence-corrected chi connectivity index (χ3v) is 4.60. The van der Waals surface area contributed by atoms with Gasteiger partial charge in [0.15, 0.2) is 5.16 Å². The van der Waals surface area contributed by atoms with E-state index in [1.165, 1.54) is 4.88 Å². The molecule has 0 N–H and O–H groups in total. The average Bonchev–Trinajstić information content (AvgIpc) is 2.65. The van der Waals surface area contributed by atoms with Crippen molar-refractivity contribution in [1.29, 1.82) is 0 Å². The fourth-order valence-electron chi connectivity index (χ4n) is 1.60. The molecule has 0 bridgehead atoms. The predicted molar refractivity (Wildman–Crippen MR) is 81.1 cm³/mol. The van der Waals surface area contributed by atoms with Gasteiger partial charge in [0.2, 0.25) is 0 Å².